The van der Waals surface area contributed by atoms with E-state index in [0.717, 1.165) is 24.3 Å². The molecule has 1 atom stereocenters. The summed E-state index contributed by atoms with van der Waals surface area (Å²) in [7, 11) is 0. The third-order valence-corrected chi connectivity index (χ3v) is 6.52. The molecule has 0 N–H and O–H groups in total. The van der Waals surface area contributed by atoms with Gasteiger partial charge in [0.15, 0.2) is 11.5 Å². The number of halogens is 2. The summed E-state index contributed by atoms with van der Waals surface area (Å²) in [6, 6.07) is 2.81. The maximum Gasteiger partial charge on any atom is 0.204 e. The highest BCUT2D eigenvalue weighted by atomic mass is 19.2. The summed E-state index contributed by atoms with van der Waals surface area (Å²) in [4.78, 5) is 0. The van der Waals surface area contributed by atoms with Gasteiger partial charge in [-0.2, -0.15) is 8.78 Å². The minimum atomic E-state index is -1.01. The first kappa shape index (κ1) is 22.9. The highest BCUT2D eigenvalue weighted by molar-refractivity contribution is 5.35. The monoisotopic (exact) mass is 422 g/mol. The zero-order chi connectivity index (χ0) is 21.3. The van der Waals surface area contributed by atoms with E-state index in [-0.39, 0.29) is 30.8 Å². The molecule has 1 aliphatic heterocycles. The largest absolute Gasteiger partial charge is 0.498 e. The van der Waals surface area contributed by atoms with Crippen LogP contribution in [-0.2, 0) is 4.74 Å². The van der Waals surface area contributed by atoms with Gasteiger partial charge in [-0.15, -0.1) is 0 Å². The third-order valence-electron chi connectivity index (χ3n) is 6.52. The fourth-order valence-corrected chi connectivity index (χ4v) is 4.69. The van der Waals surface area contributed by atoms with Gasteiger partial charge in [-0.25, -0.2) is 0 Å². The Morgan fingerprint density at radius 1 is 0.933 bits per heavy atom. The normalized spacial score (nSPS) is 24.1. The van der Waals surface area contributed by atoms with E-state index in [9.17, 15) is 8.78 Å². The number of hydrogen-bond donors (Lipinski definition) is 0. The zero-order valence-electron chi connectivity index (χ0n) is 18.4. The van der Waals surface area contributed by atoms with Crippen LogP contribution in [0.2, 0.25) is 0 Å². The minimum Gasteiger partial charge on any atom is -0.498 e. The van der Waals surface area contributed by atoms with Gasteiger partial charge >= 0.3 is 0 Å². The van der Waals surface area contributed by atoms with E-state index in [4.69, 9.17) is 14.2 Å². The molecular formula is C25H36F2O3. The highest BCUT2D eigenvalue weighted by Gasteiger charge is 2.30. The van der Waals surface area contributed by atoms with Crippen molar-refractivity contribution in [3.8, 4) is 11.5 Å². The molecule has 0 spiro atoms. The molecule has 3 rings (SSSR count). The molecule has 1 aliphatic carbocycles. The van der Waals surface area contributed by atoms with Crippen LogP contribution in [0, 0.1) is 23.5 Å². The molecule has 1 saturated carbocycles. The second kappa shape index (κ2) is 11.6. The van der Waals surface area contributed by atoms with E-state index >= 15 is 0 Å². The van der Waals surface area contributed by atoms with E-state index in [1.54, 1.807) is 13.2 Å². The van der Waals surface area contributed by atoms with Crippen molar-refractivity contribution in [2.24, 2.45) is 11.8 Å². The molecule has 0 radical (unpaired) electrons. The van der Waals surface area contributed by atoms with Crippen molar-refractivity contribution in [1.29, 1.82) is 0 Å². The SMILES string of the molecule is CCCCCC1CCC(C2CCC(COc3ccc(OCC)c(F)c3F)=CO2)CC1. The van der Waals surface area contributed by atoms with Crippen molar-refractivity contribution in [3.63, 3.8) is 0 Å². The Bertz CT molecular complexity index is 696. The third kappa shape index (κ3) is 6.12. The first-order chi connectivity index (χ1) is 14.6. The molecule has 1 heterocycles. The number of ether oxygens (including phenoxy) is 3. The Morgan fingerprint density at radius 3 is 2.23 bits per heavy atom. The van der Waals surface area contributed by atoms with Gasteiger partial charge < -0.3 is 14.2 Å². The van der Waals surface area contributed by atoms with Crippen molar-refractivity contribution < 1.29 is 23.0 Å². The lowest BCUT2D eigenvalue weighted by Crippen LogP contribution is -2.29. The van der Waals surface area contributed by atoms with Crippen LogP contribution in [0.4, 0.5) is 8.78 Å². The average Bonchev–Trinajstić information content (AvgIpc) is 2.78. The van der Waals surface area contributed by atoms with E-state index in [2.05, 4.69) is 6.92 Å². The smallest absolute Gasteiger partial charge is 0.204 e. The molecule has 5 heteroatoms. The van der Waals surface area contributed by atoms with Crippen LogP contribution in [0.25, 0.3) is 0 Å². The molecule has 1 unspecified atom stereocenters. The predicted octanol–water partition coefficient (Wildman–Crippen LogP) is 7.19. The van der Waals surface area contributed by atoms with Crippen LogP contribution in [0.15, 0.2) is 24.0 Å². The molecule has 3 nitrogen and oxygen atoms in total. The lowest BCUT2D eigenvalue weighted by molar-refractivity contribution is 0.0373. The van der Waals surface area contributed by atoms with Gasteiger partial charge in [-0.3, -0.25) is 0 Å². The Hall–Kier alpha value is -1.78. The molecule has 30 heavy (non-hydrogen) atoms. The molecule has 1 fully saturated rings. The van der Waals surface area contributed by atoms with Crippen LogP contribution in [0.1, 0.15) is 78.1 Å². The van der Waals surface area contributed by atoms with Gasteiger partial charge in [0, 0.05) is 5.57 Å². The second-order valence-electron chi connectivity index (χ2n) is 8.68. The molecular weight excluding hydrogens is 386 g/mol. The second-order valence-corrected chi connectivity index (χ2v) is 8.68. The van der Waals surface area contributed by atoms with E-state index < -0.39 is 11.6 Å². The van der Waals surface area contributed by atoms with Crippen LogP contribution < -0.4 is 9.47 Å². The first-order valence-electron chi connectivity index (χ1n) is 11.7. The number of benzene rings is 1. The summed E-state index contributed by atoms with van der Waals surface area (Å²) < 4.78 is 44.7. The van der Waals surface area contributed by atoms with Crippen LogP contribution >= 0.6 is 0 Å². The fourth-order valence-electron chi connectivity index (χ4n) is 4.69. The van der Waals surface area contributed by atoms with Crippen LogP contribution in [0.3, 0.4) is 0 Å². The van der Waals surface area contributed by atoms with Gasteiger partial charge in [0.2, 0.25) is 11.6 Å². The van der Waals surface area contributed by atoms with Gasteiger partial charge in [0.25, 0.3) is 0 Å². The maximum atomic E-state index is 14.1. The lowest BCUT2D eigenvalue weighted by Gasteiger charge is -2.35. The van der Waals surface area contributed by atoms with Gasteiger partial charge in [0.05, 0.1) is 12.9 Å². The summed E-state index contributed by atoms with van der Waals surface area (Å²) in [6.45, 7) is 4.48. The Morgan fingerprint density at radius 2 is 1.63 bits per heavy atom. The quantitative estimate of drug-likeness (QED) is 0.373. The Labute approximate surface area is 179 Å². The van der Waals surface area contributed by atoms with E-state index in [1.165, 1.54) is 63.5 Å². The van der Waals surface area contributed by atoms with Crippen molar-refractivity contribution in [2.45, 2.75) is 84.2 Å². The standard InChI is InChI=1S/C25H36F2O3/c1-3-5-6-7-18-8-11-20(12-9-18)21-13-10-19(16-29-21)17-30-23-15-14-22(28-4-2)24(26)25(23)27/h14-16,18,20-21H,3-13,17H2,1-2H3. The molecule has 0 amide bonds. The zero-order valence-corrected chi connectivity index (χ0v) is 18.4. The Balaban J connectivity index is 1.43. The molecule has 168 valence electrons. The van der Waals surface area contributed by atoms with Crippen molar-refractivity contribution in [3.05, 3.63) is 35.6 Å². The minimum absolute atomic E-state index is 0.0921. The van der Waals surface area contributed by atoms with Crippen molar-refractivity contribution in [2.75, 3.05) is 13.2 Å². The van der Waals surface area contributed by atoms with Crippen LogP contribution in [-0.4, -0.2) is 19.3 Å². The van der Waals surface area contributed by atoms with Crippen molar-refractivity contribution >= 4 is 0 Å². The number of hydrogen-bond acceptors (Lipinski definition) is 3. The predicted molar refractivity (Wildman–Crippen MR) is 115 cm³/mol. The van der Waals surface area contributed by atoms with E-state index in [1.807, 2.05) is 0 Å². The van der Waals surface area contributed by atoms with E-state index in [0.29, 0.717) is 5.92 Å². The first-order valence-corrected chi connectivity index (χ1v) is 11.7. The molecule has 0 saturated heterocycles. The summed E-state index contributed by atoms with van der Waals surface area (Å²) >= 11 is 0. The highest BCUT2D eigenvalue weighted by Crippen LogP contribution is 2.37. The molecule has 2 aliphatic rings. The molecule has 1 aromatic carbocycles. The van der Waals surface area contributed by atoms with Gasteiger partial charge in [-0.05, 0) is 56.6 Å². The topological polar surface area (TPSA) is 27.7 Å². The number of unbranched alkanes of at least 4 members (excludes halogenated alkanes) is 2. The van der Waals surface area contributed by atoms with Crippen molar-refractivity contribution in [1.82, 2.24) is 0 Å². The summed E-state index contributed by atoms with van der Waals surface area (Å²) in [5, 5.41) is 0. The molecule has 1 aromatic rings. The summed E-state index contributed by atoms with van der Waals surface area (Å²) in [6.07, 6.45) is 14.5. The number of rotatable bonds is 10. The van der Waals surface area contributed by atoms with Crippen LogP contribution in [0.5, 0.6) is 11.5 Å². The van der Waals surface area contributed by atoms with Gasteiger partial charge in [0.1, 0.15) is 12.7 Å². The summed E-state index contributed by atoms with van der Waals surface area (Å²) in [5.41, 5.74) is 0.980. The summed E-state index contributed by atoms with van der Waals surface area (Å²) in [5.74, 6) is -0.657. The fraction of sp³-hybridized carbons (Fsp3) is 0.680. The maximum absolute atomic E-state index is 14.1. The molecule has 0 aromatic heterocycles. The molecule has 0 bridgehead atoms. The van der Waals surface area contributed by atoms with Gasteiger partial charge in [-0.1, -0.05) is 45.4 Å². The Kier molecular flexibility index (Phi) is 8.83. The lowest BCUT2D eigenvalue weighted by atomic mass is 9.76. The average molecular weight is 423 g/mol.